The van der Waals surface area contributed by atoms with E-state index in [1.54, 1.807) is 18.2 Å². The summed E-state index contributed by atoms with van der Waals surface area (Å²) in [5.41, 5.74) is -0.0123. The fourth-order valence-corrected chi connectivity index (χ4v) is 1.88. The van der Waals surface area contributed by atoms with Crippen LogP contribution in [0.4, 0.5) is 5.69 Å². The molecule has 0 N–H and O–H groups in total. The van der Waals surface area contributed by atoms with Crippen LogP contribution in [-0.2, 0) is 4.74 Å². The van der Waals surface area contributed by atoms with Gasteiger partial charge in [0.05, 0.1) is 11.5 Å². The summed E-state index contributed by atoms with van der Waals surface area (Å²) in [6.45, 7) is 2.68. The van der Waals surface area contributed by atoms with Gasteiger partial charge in [-0.05, 0) is 13.1 Å². The van der Waals surface area contributed by atoms with Gasteiger partial charge >= 0.3 is 5.69 Å². The summed E-state index contributed by atoms with van der Waals surface area (Å²) in [5, 5.41) is 10.8. The Hall–Kier alpha value is -1.66. The first-order valence-electron chi connectivity index (χ1n) is 5.83. The van der Waals surface area contributed by atoms with E-state index in [0.717, 1.165) is 13.1 Å². The van der Waals surface area contributed by atoms with Crippen LogP contribution in [0, 0.1) is 10.1 Å². The largest absolute Gasteiger partial charge is 0.484 e. The summed E-state index contributed by atoms with van der Waals surface area (Å²) in [7, 11) is 2.01. The van der Waals surface area contributed by atoms with Gasteiger partial charge in [0.25, 0.3) is 0 Å². The van der Waals surface area contributed by atoms with Crippen LogP contribution in [-0.4, -0.2) is 49.3 Å². The summed E-state index contributed by atoms with van der Waals surface area (Å²) in [6, 6.07) is 6.37. The molecular weight excluding hydrogens is 236 g/mol. The second kappa shape index (κ2) is 5.79. The van der Waals surface area contributed by atoms with Crippen molar-refractivity contribution < 1.29 is 14.4 Å². The zero-order chi connectivity index (χ0) is 13.0. The molecule has 18 heavy (non-hydrogen) atoms. The Morgan fingerprint density at radius 3 is 3.06 bits per heavy atom. The van der Waals surface area contributed by atoms with Gasteiger partial charge in [0.1, 0.15) is 12.7 Å². The van der Waals surface area contributed by atoms with Crippen LogP contribution in [0.3, 0.4) is 0 Å². The molecule has 0 bridgehead atoms. The van der Waals surface area contributed by atoms with Crippen LogP contribution < -0.4 is 4.74 Å². The lowest BCUT2D eigenvalue weighted by molar-refractivity contribution is -0.385. The Balaban J connectivity index is 1.95. The fourth-order valence-electron chi connectivity index (χ4n) is 1.88. The maximum Gasteiger partial charge on any atom is 0.310 e. The number of rotatable bonds is 4. The van der Waals surface area contributed by atoms with Crippen molar-refractivity contribution in [3.8, 4) is 5.75 Å². The van der Waals surface area contributed by atoms with Crippen molar-refractivity contribution in [1.82, 2.24) is 4.90 Å². The summed E-state index contributed by atoms with van der Waals surface area (Å²) >= 11 is 0. The van der Waals surface area contributed by atoms with Crippen LogP contribution in [0.1, 0.15) is 0 Å². The van der Waals surface area contributed by atoms with Crippen molar-refractivity contribution in [3.05, 3.63) is 34.4 Å². The first-order chi connectivity index (χ1) is 8.66. The minimum absolute atomic E-state index is 0.0123. The van der Waals surface area contributed by atoms with Gasteiger partial charge in [-0.1, -0.05) is 12.1 Å². The van der Waals surface area contributed by atoms with Crippen molar-refractivity contribution in [2.24, 2.45) is 0 Å². The van der Waals surface area contributed by atoms with E-state index in [1.165, 1.54) is 6.07 Å². The number of ether oxygens (including phenoxy) is 2. The number of para-hydroxylation sites is 2. The molecule has 98 valence electrons. The zero-order valence-electron chi connectivity index (χ0n) is 10.2. The molecule has 0 spiro atoms. The summed E-state index contributed by atoms with van der Waals surface area (Å²) < 4.78 is 11.0. The van der Waals surface area contributed by atoms with Gasteiger partial charge in [-0.25, -0.2) is 0 Å². The minimum atomic E-state index is -0.441. The highest BCUT2D eigenvalue weighted by atomic mass is 16.6. The quantitative estimate of drug-likeness (QED) is 0.597. The highest BCUT2D eigenvalue weighted by Crippen LogP contribution is 2.26. The maximum absolute atomic E-state index is 10.8. The number of hydrogen-bond acceptors (Lipinski definition) is 5. The number of benzene rings is 1. The highest BCUT2D eigenvalue weighted by molar-refractivity contribution is 5.45. The lowest BCUT2D eigenvalue weighted by Gasteiger charge is -2.29. The van der Waals surface area contributed by atoms with E-state index in [4.69, 9.17) is 9.47 Å². The molecule has 0 amide bonds. The number of nitro benzene ring substituents is 1. The smallest absolute Gasteiger partial charge is 0.310 e. The Morgan fingerprint density at radius 1 is 1.56 bits per heavy atom. The first kappa shape index (κ1) is 12.8. The predicted molar refractivity (Wildman–Crippen MR) is 65.8 cm³/mol. The molecule has 2 rings (SSSR count). The Bertz CT molecular complexity index is 424. The third-order valence-corrected chi connectivity index (χ3v) is 2.83. The van der Waals surface area contributed by atoms with E-state index in [-0.39, 0.29) is 11.8 Å². The van der Waals surface area contributed by atoms with Gasteiger partial charge < -0.3 is 14.4 Å². The number of morpholine rings is 1. The molecule has 1 heterocycles. The molecule has 0 saturated carbocycles. The third-order valence-electron chi connectivity index (χ3n) is 2.83. The normalized spacial score (nSPS) is 20.6. The molecule has 1 atom stereocenters. The summed E-state index contributed by atoms with van der Waals surface area (Å²) in [4.78, 5) is 12.5. The molecular formula is C12H16N2O4. The fraction of sp³-hybridized carbons (Fsp3) is 0.500. The predicted octanol–water partition coefficient (Wildman–Crippen LogP) is 1.30. The summed E-state index contributed by atoms with van der Waals surface area (Å²) in [6.07, 6.45) is -0.0384. The van der Waals surface area contributed by atoms with E-state index in [1.807, 2.05) is 7.05 Å². The number of nitrogens with zero attached hydrogens (tertiary/aromatic N) is 2. The minimum Gasteiger partial charge on any atom is -0.484 e. The van der Waals surface area contributed by atoms with Gasteiger partial charge in [-0.3, -0.25) is 10.1 Å². The van der Waals surface area contributed by atoms with Crippen LogP contribution in [0.25, 0.3) is 0 Å². The maximum atomic E-state index is 10.8. The van der Waals surface area contributed by atoms with Gasteiger partial charge in [-0.2, -0.15) is 0 Å². The average Bonchev–Trinajstić information content (AvgIpc) is 2.37. The van der Waals surface area contributed by atoms with Crippen LogP contribution in [0.5, 0.6) is 5.75 Å². The molecule has 1 aromatic rings. The van der Waals surface area contributed by atoms with E-state index in [2.05, 4.69) is 4.90 Å². The van der Waals surface area contributed by atoms with E-state index >= 15 is 0 Å². The third kappa shape index (κ3) is 3.18. The number of hydrogen-bond donors (Lipinski definition) is 0. The van der Waals surface area contributed by atoms with Crippen LogP contribution in [0.15, 0.2) is 24.3 Å². The second-order valence-corrected chi connectivity index (χ2v) is 4.29. The first-order valence-corrected chi connectivity index (χ1v) is 5.83. The lowest BCUT2D eigenvalue weighted by atomic mass is 10.3. The highest BCUT2D eigenvalue weighted by Gasteiger charge is 2.20. The molecule has 0 aromatic heterocycles. The molecule has 1 saturated heterocycles. The van der Waals surface area contributed by atoms with Crippen molar-refractivity contribution in [1.29, 1.82) is 0 Å². The topological polar surface area (TPSA) is 64.8 Å². The van der Waals surface area contributed by atoms with Crippen molar-refractivity contribution >= 4 is 5.69 Å². The van der Waals surface area contributed by atoms with E-state index < -0.39 is 4.92 Å². The summed E-state index contributed by atoms with van der Waals surface area (Å²) in [5.74, 6) is 0.291. The van der Waals surface area contributed by atoms with E-state index in [0.29, 0.717) is 19.0 Å². The van der Waals surface area contributed by atoms with Crippen molar-refractivity contribution in [2.75, 3.05) is 33.4 Å². The molecule has 1 aromatic carbocycles. The Morgan fingerprint density at radius 2 is 2.33 bits per heavy atom. The van der Waals surface area contributed by atoms with E-state index in [9.17, 15) is 10.1 Å². The average molecular weight is 252 g/mol. The zero-order valence-corrected chi connectivity index (χ0v) is 10.2. The monoisotopic (exact) mass is 252 g/mol. The standard InChI is InChI=1S/C12H16N2O4/c1-13-6-7-17-10(8-13)9-18-12-5-3-2-4-11(12)14(15)16/h2-5,10H,6-9H2,1H3/t10-/m1/s1. The van der Waals surface area contributed by atoms with Crippen molar-refractivity contribution in [2.45, 2.75) is 6.10 Å². The molecule has 1 fully saturated rings. The molecule has 1 aliphatic heterocycles. The van der Waals surface area contributed by atoms with Gasteiger partial charge in [-0.15, -0.1) is 0 Å². The molecule has 6 nitrogen and oxygen atoms in total. The molecule has 0 unspecified atom stereocenters. The molecule has 0 radical (unpaired) electrons. The molecule has 6 heteroatoms. The Labute approximate surface area is 105 Å². The molecule has 0 aliphatic carbocycles. The molecule has 1 aliphatic rings. The van der Waals surface area contributed by atoms with Crippen LogP contribution in [0.2, 0.25) is 0 Å². The number of nitro groups is 1. The van der Waals surface area contributed by atoms with Gasteiger partial charge in [0.15, 0.2) is 5.75 Å². The lowest BCUT2D eigenvalue weighted by Crippen LogP contribution is -2.42. The van der Waals surface area contributed by atoms with Gasteiger partial charge in [0, 0.05) is 19.2 Å². The van der Waals surface area contributed by atoms with Gasteiger partial charge in [0.2, 0.25) is 0 Å². The Kier molecular flexibility index (Phi) is 4.11. The SMILES string of the molecule is CN1CCO[C@@H](COc2ccccc2[N+](=O)[O-])C1. The number of likely N-dealkylation sites (N-methyl/N-ethyl adjacent to an activating group) is 1. The van der Waals surface area contributed by atoms with Crippen molar-refractivity contribution in [3.63, 3.8) is 0 Å². The second-order valence-electron chi connectivity index (χ2n) is 4.29. The van der Waals surface area contributed by atoms with Crippen LogP contribution >= 0.6 is 0 Å².